The third-order valence-corrected chi connectivity index (χ3v) is 10.0. The predicted octanol–water partition coefficient (Wildman–Crippen LogP) is 3.02. The van der Waals surface area contributed by atoms with Gasteiger partial charge in [-0.05, 0) is 91.9 Å². The van der Waals surface area contributed by atoms with Crippen LogP contribution >= 0.6 is 0 Å². The van der Waals surface area contributed by atoms with Crippen LogP contribution in [0.4, 0.5) is 0 Å². The summed E-state index contributed by atoms with van der Waals surface area (Å²) >= 11 is 0. The van der Waals surface area contributed by atoms with E-state index in [1.54, 1.807) is 13.8 Å². The number of carboxylic acid groups (broad SMARTS) is 1. The van der Waals surface area contributed by atoms with Crippen molar-refractivity contribution < 1.29 is 29.4 Å². The SMILES string of the molecule is CC(C)[C@@H](NC(=O)CNC(=O)CO/N=C1\C=C2CC[C@H]3[C@@H]4CC[C@@H](O)[C@@]4(C)CC[C@@H]3[C@@]2(C)CC1)C(=O)O. The Morgan fingerprint density at radius 2 is 1.84 bits per heavy atom. The summed E-state index contributed by atoms with van der Waals surface area (Å²) in [5.41, 5.74) is 2.52. The van der Waals surface area contributed by atoms with Crippen molar-refractivity contribution in [3.63, 3.8) is 0 Å². The highest BCUT2D eigenvalue weighted by Gasteiger charge is 2.58. The minimum absolute atomic E-state index is 0.0848. The predicted molar refractivity (Wildman–Crippen MR) is 139 cm³/mol. The van der Waals surface area contributed by atoms with E-state index < -0.39 is 23.8 Å². The number of carboxylic acids is 1. The minimum Gasteiger partial charge on any atom is -0.480 e. The Morgan fingerprint density at radius 1 is 1.08 bits per heavy atom. The van der Waals surface area contributed by atoms with Gasteiger partial charge in [0.2, 0.25) is 5.91 Å². The van der Waals surface area contributed by atoms with Crippen LogP contribution in [-0.2, 0) is 19.2 Å². The smallest absolute Gasteiger partial charge is 0.326 e. The number of aliphatic hydroxyl groups excluding tert-OH is 1. The van der Waals surface area contributed by atoms with Crippen LogP contribution in [0.1, 0.15) is 79.1 Å². The number of carbonyl (C=O) groups is 3. The number of hydrogen-bond donors (Lipinski definition) is 4. The van der Waals surface area contributed by atoms with Gasteiger partial charge in [0.1, 0.15) is 6.04 Å². The van der Waals surface area contributed by atoms with Crippen molar-refractivity contribution in [1.82, 2.24) is 10.6 Å². The fourth-order valence-corrected chi connectivity index (χ4v) is 7.76. The lowest BCUT2D eigenvalue weighted by Gasteiger charge is -2.57. The number of carbonyl (C=O) groups excluding carboxylic acids is 2. The summed E-state index contributed by atoms with van der Waals surface area (Å²) in [5, 5.41) is 28.9. The maximum absolute atomic E-state index is 12.1. The summed E-state index contributed by atoms with van der Waals surface area (Å²) in [7, 11) is 0. The number of aliphatic carboxylic acids is 1. The van der Waals surface area contributed by atoms with E-state index in [9.17, 15) is 19.5 Å². The lowest BCUT2D eigenvalue weighted by molar-refractivity contribution is -0.143. The lowest BCUT2D eigenvalue weighted by Crippen LogP contribution is -2.51. The molecule has 7 atom stereocenters. The van der Waals surface area contributed by atoms with Crippen LogP contribution in [0.15, 0.2) is 16.8 Å². The molecule has 9 heteroatoms. The Labute approximate surface area is 219 Å². The van der Waals surface area contributed by atoms with Gasteiger partial charge in [-0.3, -0.25) is 9.59 Å². The Balaban J connectivity index is 1.28. The molecule has 0 spiro atoms. The molecule has 0 radical (unpaired) electrons. The van der Waals surface area contributed by atoms with Gasteiger partial charge < -0.3 is 25.7 Å². The van der Waals surface area contributed by atoms with Crippen LogP contribution in [0.3, 0.4) is 0 Å². The first-order chi connectivity index (χ1) is 17.5. The summed E-state index contributed by atoms with van der Waals surface area (Å²) < 4.78 is 0. The summed E-state index contributed by atoms with van der Waals surface area (Å²) in [6.07, 6.45) is 10.4. The van der Waals surface area contributed by atoms with Crippen LogP contribution in [0, 0.1) is 34.5 Å². The molecule has 4 N–H and O–H groups in total. The van der Waals surface area contributed by atoms with Crippen molar-refractivity contribution in [3.05, 3.63) is 11.6 Å². The zero-order valence-electron chi connectivity index (χ0n) is 22.6. The third-order valence-electron chi connectivity index (χ3n) is 10.0. The largest absolute Gasteiger partial charge is 0.480 e. The van der Waals surface area contributed by atoms with E-state index in [-0.39, 0.29) is 36.0 Å². The van der Waals surface area contributed by atoms with E-state index in [2.05, 4.69) is 35.7 Å². The van der Waals surface area contributed by atoms with E-state index >= 15 is 0 Å². The highest BCUT2D eigenvalue weighted by molar-refractivity contribution is 5.96. The van der Waals surface area contributed by atoms with Gasteiger partial charge >= 0.3 is 5.97 Å². The molecule has 4 rings (SSSR count). The van der Waals surface area contributed by atoms with Gasteiger partial charge in [-0.1, -0.05) is 38.4 Å². The van der Waals surface area contributed by atoms with Crippen molar-refractivity contribution in [2.75, 3.05) is 13.2 Å². The number of oxime groups is 1. The summed E-state index contributed by atoms with van der Waals surface area (Å²) in [5.74, 6) is -0.492. The third kappa shape index (κ3) is 5.42. The van der Waals surface area contributed by atoms with Gasteiger partial charge in [-0.25, -0.2) is 4.79 Å². The van der Waals surface area contributed by atoms with Crippen LogP contribution in [0.5, 0.6) is 0 Å². The van der Waals surface area contributed by atoms with Gasteiger partial charge in [0.05, 0.1) is 18.4 Å². The van der Waals surface area contributed by atoms with E-state index in [4.69, 9.17) is 9.94 Å². The minimum atomic E-state index is -1.11. The number of aliphatic hydroxyl groups is 1. The average molecular weight is 518 g/mol. The first-order valence-corrected chi connectivity index (χ1v) is 13.8. The summed E-state index contributed by atoms with van der Waals surface area (Å²) in [6, 6.07) is -1.00. The van der Waals surface area contributed by atoms with Gasteiger partial charge in [-0.15, -0.1) is 0 Å². The quantitative estimate of drug-likeness (QED) is 0.365. The van der Waals surface area contributed by atoms with Gasteiger partial charge in [0, 0.05) is 0 Å². The molecule has 4 aliphatic carbocycles. The second-order valence-electron chi connectivity index (χ2n) is 12.4. The maximum Gasteiger partial charge on any atom is 0.326 e. The van der Waals surface area contributed by atoms with Crippen molar-refractivity contribution in [2.45, 2.75) is 91.2 Å². The fourth-order valence-electron chi connectivity index (χ4n) is 7.76. The highest BCUT2D eigenvalue weighted by atomic mass is 16.6. The summed E-state index contributed by atoms with van der Waals surface area (Å²) in [4.78, 5) is 40.6. The molecule has 0 aliphatic heterocycles. The average Bonchev–Trinajstić information content (AvgIpc) is 3.15. The zero-order chi connectivity index (χ0) is 27.0. The molecule has 4 aliphatic rings. The molecule has 0 unspecified atom stereocenters. The number of amides is 2. The van der Waals surface area contributed by atoms with E-state index in [0.29, 0.717) is 17.8 Å². The van der Waals surface area contributed by atoms with E-state index in [1.165, 1.54) is 12.0 Å². The zero-order valence-corrected chi connectivity index (χ0v) is 22.6. The van der Waals surface area contributed by atoms with Crippen molar-refractivity contribution in [3.8, 4) is 0 Å². The first kappa shape index (κ1) is 27.6. The second kappa shape index (κ2) is 10.8. The standard InChI is InChI=1S/C28H43N3O6/c1-16(2)25(26(35)36)30-23(33)14-29-24(34)15-37-31-18-9-11-27(3)17(13-18)5-6-19-20-7-8-22(32)28(20,4)12-10-21(19)27/h13,16,19-22,25,32H,5-12,14-15H2,1-4H3,(H,29,34)(H,30,33)(H,35,36)/b31-18-/t19-,20-,21-,22+,25+,27-,28-/m0/s1. The number of hydrogen-bond acceptors (Lipinski definition) is 6. The molecular formula is C28H43N3O6. The molecule has 206 valence electrons. The Bertz CT molecular complexity index is 977. The van der Waals surface area contributed by atoms with Crippen LogP contribution in [0.25, 0.3) is 0 Å². The normalized spacial score (nSPS) is 36.6. The van der Waals surface area contributed by atoms with E-state index in [1.807, 2.05) is 0 Å². The monoisotopic (exact) mass is 517 g/mol. The van der Waals surface area contributed by atoms with Crippen molar-refractivity contribution in [2.24, 2.45) is 39.7 Å². The Hall–Kier alpha value is -2.42. The number of allylic oxidation sites excluding steroid dienone is 2. The molecule has 0 aromatic heterocycles. The molecule has 37 heavy (non-hydrogen) atoms. The highest BCUT2D eigenvalue weighted by Crippen LogP contribution is 2.65. The molecule has 0 aromatic carbocycles. The second-order valence-corrected chi connectivity index (χ2v) is 12.4. The van der Waals surface area contributed by atoms with Crippen LogP contribution < -0.4 is 10.6 Å². The molecular weight excluding hydrogens is 474 g/mol. The van der Waals surface area contributed by atoms with Gasteiger partial charge in [0.15, 0.2) is 6.61 Å². The topological polar surface area (TPSA) is 137 Å². The molecule has 0 saturated heterocycles. The molecule has 0 heterocycles. The number of rotatable bonds is 8. The molecule has 0 aromatic rings. The molecule has 0 bridgehead atoms. The van der Waals surface area contributed by atoms with Gasteiger partial charge in [0.25, 0.3) is 5.91 Å². The Kier molecular flexibility index (Phi) is 8.02. The maximum atomic E-state index is 12.1. The van der Waals surface area contributed by atoms with Gasteiger partial charge in [-0.2, -0.15) is 0 Å². The Morgan fingerprint density at radius 3 is 2.54 bits per heavy atom. The van der Waals surface area contributed by atoms with Crippen molar-refractivity contribution in [1.29, 1.82) is 0 Å². The number of fused-ring (bicyclic) bond motifs is 5. The first-order valence-electron chi connectivity index (χ1n) is 13.8. The van der Waals surface area contributed by atoms with Crippen LogP contribution in [-0.4, -0.2) is 59.0 Å². The number of nitrogens with zero attached hydrogens (tertiary/aromatic N) is 1. The van der Waals surface area contributed by atoms with Crippen LogP contribution in [0.2, 0.25) is 0 Å². The lowest BCUT2D eigenvalue weighted by atomic mass is 9.47. The summed E-state index contributed by atoms with van der Waals surface area (Å²) in [6.45, 7) is 7.49. The van der Waals surface area contributed by atoms with E-state index in [0.717, 1.165) is 50.7 Å². The molecule has 3 saturated carbocycles. The fraction of sp³-hybridized carbons (Fsp3) is 0.786. The van der Waals surface area contributed by atoms with Crippen molar-refractivity contribution >= 4 is 23.5 Å². The molecule has 2 amide bonds. The molecule has 3 fully saturated rings. The molecule has 9 nitrogen and oxygen atoms in total. The number of nitrogens with one attached hydrogen (secondary N) is 2.